The largest absolute Gasteiger partial charge is 0.387 e. The zero-order valence-electron chi connectivity index (χ0n) is 15.1. The third-order valence-electron chi connectivity index (χ3n) is 3.79. The first kappa shape index (κ1) is 19.0. The predicted molar refractivity (Wildman–Crippen MR) is 96.7 cm³/mol. The van der Waals surface area contributed by atoms with E-state index in [0.29, 0.717) is 12.4 Å². The molecule has 2 aromatic rings. The molecule has 0 aliphatic heterocycles. The number of anilines is 1. The number of aliphatic hydroxyl groups excluding tert-OH is 1. The van der Waals surface area contributed by atoms with E-state index in [4.69, 9.17) is 4.74 Å². The number of aryl methyl sites for hydroxylation is 2. The number of carbonyl (C=O) groups is 1. The van der Waals surface area contributed by atoms with Crippen LogP contribution in [0.4, 0.5) is 10.6 Å². The molecule has 0 aliphatic carbocycles. The van der Waals surface area contributed by atoms with Crippen molar-refractivity contribution in [3.05, 3.63) is 47.2 Å². The Balaban J connectivity index is 1.86. The molecule has 7 heteroatoms. The summed E-state index contributed by atoms with van der Waals surface area (Å²) < 4.78 is 6.81. The van der Waals surface area contributed by atoms with Gasteiger partial charge >= 0.3 is 6.03 Å². The highest BCUT2D eigenvalue weighted by Gasteiger charge is 2.12. The molecule has 1 heterocycles. The van der Waals surface area contributed by atoms with Crippen LogP contribution in [0.5, 0.6) is 0 Å². The van der Waals surface area contributed by atoms with E-state index in [0.717, 1.165) is 16.7 Å². The van der Waals surface area contributed by atoms with Gasteiger partial charge in [0.05, 0.1) is 18.8 Å². The van der Waals surface area contributed by atoms with Gasteiger partial charge in [-0.25, -0.2) is 4.79 Å². The highest BCUT2D eigenvalue weighted by atomic mass is 16.5. The molecule has 3 N–H and O–H groups in total. The number of hydrogen-bond donors (Lipinski definition) is 3. The predicted octanol–water partition coefficient (Wildman–Crippen LogP) is 2.56. The molecule has 136 valence electrons. The third-order valence-corrected chi connectivity index (χ3v) is 3.79. The van der Waals surface area contributed by atoms with Gasteiger partial charge in [0.15, 0.2) is 5.82 Å². The lowest BCUT2D eigenvalue weighted by atomic mass is 10.0. The number of aromatic nitrogens is 2. The van der Waals surface area contributed by atoms with E-state index in [-0.39, 0.29) is 12.6 Å². The minimum absolute atomic E-state index is 0.0787. The van der Waals surface area contributed by atoms with E-state index in [1.54, 1.807) is 24.1 Å². The van der Waals surface area contributed by atoms with Crippen LogP contribution in [0.2, 0.25) is 0 Å². The number of benzene rings is 1. The standard InChI is InChI=1S/C18H26N4O3/c1-12-7-13(2)9-15(8-12)16(23)10-19-18(24)20-17-5-6-22(21-17)14(3)11-25-4/h5-9,14,16,23H,10-11H2,1-4H3,(H2,19,20,21,24)/t14-,16+/m0/s1. The molecule has 0 saturated heterocycles. The van der Waals surface area contributed by atoms with Crippen LogP contribution in [0, 0.1) is 13.8 Å². The quantitative estimate of drug-likeness (QED) is 0.719. The number of nitrogens with one attached hydrogen (secondary N) is 2. The summed E-state index contributed by atoms with van der Waals surface area (Å²) in [6.45, 7) is 6.58. The number of carbonyl (C=O) groups excluding carboxylic acids is 1. The Morgan fingerprint density at radius 3 is 2.64 bits per heavy atom. The Labute approximate surface area is 148 Å². The first-order valence-corrected chi connectivity index (χ1v) is 8.24. The Kier molecular flexibility index (Phi) is 6.55. The van der Waals surface area contributed by atoms with Gasteiger partial charge in [-0.1, -0.05) is 29.3 Å². The van der Waals surface area contributed by atoms with Gasteiger partial charge < -0.3 is 15.2 Å². The second-order valence-electron chi connectivity index (χ2n) is 6.26. The highest BCUT2D eigenvalue weighted by molar-refractivity contribution is 5.88. The molecule has 0 radical (unpaired) electrons. The van der Waals surface area contributed by atoms with Crippen molar-refractivity contribution in [3.8, 4) is 0 Å². The number of amides is 2. The van der Waals surface area contributed by atoms with Crippen LogP contribution < -0.4 is 10.6 Å². The fourth-order valence-electron chi connectivity index (χ4n) is 2.64. The summed E-state index contributed by atoms with van der Waals surface area (Å²) in [7, 11) is 1.63. The van der Waals surface area contributed by atoms with Gasteiger partial charge in [0.2, 0.25) is 0 Å². The van der Waals surface area contributed by atoms with Crippen LogP contribution in [-0.4, -0.2) is 41.2 Å². The number of methoxy groups -OCH3 is 1. The molecule has 1 aromatic heterocycles. The summed E-state index contributed by atoms with van der Waals surface area (Å²) in [4.78, 5) is 12.0. The molecular weight excluding hydrogens is 320 g/mol. The minimum atomic E-state index is -0.761. The second-order valence-corrected chi connectivity index (χ2v) is 6.26. The van der Waals surface area contributed by atoms with E-state index in [1.807, 2.05) is 39.0 Å². The van der Waals surface area contributed by atoms with Crippen LogP contribution >= 0.6 is 0 Å². The van der Waals surface area contributed by atoms with Crippen molar-refractivity contribution < 1.29 is 14.6 Å². The Morgan fingerprint density at radius 1 is 1.32 bits per heavy atom. The average Bonchev–Trinajstić information content (AvgIpc) is 3.00. The highest BCUT2D eigenvalue weighted by Crippen LogP contribution is 2.16. The molecule has 0 unspecified atom stereocenters. The molecule has 0 saturated carbocycles. The fourth-order valence-corrected chi connectivity index (χ4v) is 2.64. The van der Waals surface area contributed by atoms with Crippen molar-refractivity contribution in [2.45, 2.75) is 32.9 Å². The van der Waals surface area contributed by atoms with Gasteiger partial charge in [0.25, 0.3) is 0 Å². The van der Waals surface area contributed by atoms with Crippen molar-refractivity contribution in [2.75, 3.05) is 25.6 Å². The number of nitrogens with zero attached hydrogens (tertiary/aromatic N) is 2. The van der Waals surface area contributed by atoms with Crippen LogP contribution in [0.15, 0.2) is 30.5 Å². The van der Waals surface area contributed by atoms with E-state index in [9.17, 15) is 9.90 Å². The van der Waals surface area contributed by atoms with E-state index < -0.39 is 12.1 Å². The molecule has 0 fully saturated rings. The molecule has 0 aliphatic rings. The summed E-state index contributed by atoms with van der Waals surface area (Å²) in [5.41, 5.74) is 2.94. The number of rotatable bonds is 7. The first-order chi connectivity index (χ1) is 11.9. The summed E-state index contributed by atoms with van der Waals surface area (Å²) in [6, 6.07) is 7.25. The topological polar surface area (TPSA) is 88.4 Å². The molecule has 2 rings (SSSR count). The molecule has 7 nitrogen and oxygen atoms in total. The molecule has 1 aromatic carbocycles. The average molecular weight is 346 g/mol. The van der Waals surface area contributed by atoms with E-state index >= 15 is 0 Å². The van der Waals surface area contributed by atoms with Crippen LogP contribution in [0.25, 0.3) is 0 Å². The molecule has 0 spiro atoms. The third kappa shape index (κ3) is 5.58. The lowest BCUT2D eigenvalue weighted by Crippen LogP contribution is -2.32. The Morgan fingerprint density at radius 2 is 2.00 bits per heavy atom. The summed E-state index contributed by atoms with van der Waals surface area (Å²) in [6.07, 6.45) is 1.02. The smallest absolute Gasteiger partial charge is 0.320 e. The second kappa shape index (κ2) is 8.64. The lowest BCUT2D eigenvalue weighted by Gasteiger charge is -2.14. The van der Waals surface area contributed by atoms with Gasteiger partial charge in [-0.3, -0.25) is 10.00 Å². The van der Waals surface area contributed by atoms with Crippen LogP contribution in [0.1, 0.15) is 35.8 Å². The molecule has 2 atom stereocenters. The van der Waals surface area contributed by atoms with Crippen LogP contribution in [0.3, 0.4) is 0 Å². The monoisotopic (exact) mass is 346 g/mol. The Hall–Kier alpha value is -2.38. The fraction of sp³-hybridized carbons (Fsp3) is 0.444. The molecule has 2 amide bonds. The van der Waals surface area contributed by atoms with Crippen molar-refractivity contribution >= 4 is 11.8 Å². The minimum Gasteiger partial charge on any atom is -0.387 e. The maximum atomic E-state index is 12.0. The number of urea groups is 1. The summed E-state index contributed by atoms with van der Waals surface area (Å²) in [5.74, 6) is 0.446. The Bertz CT molecular complexity index is 694. The van der Waals surface area contributed by atoms with Gasteiger partial charge in [-0.05, 0) is 26.3 Å². The molecular formula is C18H26N4O3. The van der Waals surface area contributed by atoms with E-state index in [1.165, 1.54) is 0 Å². The SMILES string of the molecule is COC[C@H](C)n1ccc(NC(=O)NC[C@@H](O)c2cc(C)cc(C)c2)n1. The van der Waals surface area contributed by atoms with Crippen molar-refractivity contribution in [1.29, 1.82) is 0 Å². The number of aliphatic hydroxyl groups is 1. The van der Waals surface area contributed by atoms with Crippen molar-refractivity contribution in [3.63, 3.8) is 0 Å². The number of hydrogen-bond acceptors (Lipinski definition) is 4. The van der Waals surface area contributed by atoms with Gasteiger partial charge in [0, 0.05) is 25.9 Å². The lowest BCUT2D eigenvalue weighted by molar-refractivity contribution is 0.157. The van der Waals surface area contributed by atoms with E-state index in [2.05, 4.69) is 15.7 Å². The van der Waals surface area contributed by atoms with Crippen molar-refractivity contribution in [1.82, 2.24) is 15.1 Å². The first-order valence-electron chi connectivity index (χ1n) is 8.24. The zero-order valence-corrected chi connectivity index (χ0v) is 15.1. The summed E-state index contributed by atoms with van der Waals surface area (Å²) in [5, 5.41) is 19.8. The maximum absolute atomic E-state index is 12.0. The summed E-state index contributed by atoms with van der Waals surface area (Å²) >= 11 is 0. The van der Waals surface area contributed by atoms with Gasteiger partial charge in [-0.15, -0.1) is 0 Å². The number of ether oxygens (including phenoxy) is 1. The zero-order chi connectivity index (χ0) is 18.4. The van der Waals surface area contributed by atoms with Gasteiger partial charge in [0.1, 0.15) is 0 Å². The molecule has 0 bridgehead atoms. The molecule has 25 heavy (non-hydrogen) atoms. The van der Waals surface area contributed by atoms with Crippen molar-refractivity contribution in [2.24, 2.45) is 0 Å². The van der Waals surface area contributed by atoms with Crippen LogP contribution in [-0.2, 0) is 4.74 Å². The van der Waals surface area contributed by atoms with Gasteiger partial charge in [-0.2, -0.15) is 5.10 Å². The maximum Gasteiger partial charge on any atom is 0.320 e. The normalized spacial score (nSPS) is 13.3.